The molecule has 4 nitrogen and oxygen atoms in total. The highest BCUT2D eigenvalue weighted by Crippen LogP contribution is 2.51. The van der Waals surface area contributed by atoms with Crippen molar-refractivity contribution >= 4 is 18.0 Å². The first-order valence-electron chi connectivity index (χ1n) is 11.1. The van der Waals surface area contributed by atoms with Gasteiger partial charge in [0.1, 0.15) is 5.54 Å². The molecule has 4 rings (SSSR count). The van der Waals surface area contributed by atoms with Gasteiger partial charge in [0.15, 0.2) is 0 Å². The summed E-state index contributed by atoms with van der Waals surface area (Å²) >= 11 is 0. The van der Waals surface area contributed by atoms with E-state index in [0.29, 0.717) is 0 Å². The molecule has 164 valence electrons. The van der Waals surface area contributed by atoms with Crippen LogP contribution in [0.3, 0.4) is 0 Å². The summed E-state index contributed by atoms with van der Waals surface area (Å²) in [6.07, 6.45) is 12.2. The molecule has 0 saturated heterocycles. The zero-order valence-corrected chi connectivity index (χ0v) is 19.4. The quantitative estimate of drug-likeness (QED) is 0.518. The molecule has 0 saturated carbocycles. The SMILES string of the molecule is C=C(c1ccc(/C=C/C=N/C23CC(C)=CC(Cc4[nH]c(=O)ccc42)/C3=C\C)cc1)N(C)C. The van der Waals surface area contributed by atoms with E-state index in [2.05, 4.69) is 67.9 Å². The molecule has 1 aromatic heterocycles. The Kier molecular flexibility index (Phi) is 5.88. The fourth-order valence-electron chi connectivity index (χ4n) is 5.02. The van der Waals surface area contributed by atoms with Gasteiger partial charge in [-0.3, -0.25) is 9.79 Å². The van der Waals surface area contributed by atoms with Crippen LogP contribution in [-0.2, 0) is 12.0 Å². The summed E-state index contributed by atoms with van der Waals surface area (Å²) in [5, 5.41) is 0. The molecule has 0 spiro atoms. The van der Waals surface area contributed by atoms with Gasteiger partial charge in [-0.15, -0.1) is 0 Å². The fraction of sp³-hybridized carbons (Fsp3) is 0.286. The van der Waals surface area contributed by atoms with E-state index in [-0.39, 0.29) is 11.5 Å². The number of benzene rings is 1. The van der Waals surface area contributed by atoms with Crippen molar-refractivity contribution in [2.75, 3.05) is 14.1 Å². The third-order valence-corrected chi connectivity index (χ3v) is 6.53. The second-order valence-electron chi connectivity index (χ2n) is 8.92. The first kappa shape index (κ1) is 21.8. The molecule has 0 aliphatic heterocycles. The Labute approximate surface area is 190 Å². The number of fused-ring (bicyclic) bond motifs is 4. The molecule has 0 radical (unpaired) electrons. The van der Waals surface area contributed by atoms with Gasteiger partial charge in [0.25, 0.3) is 0 Å². The number of rotatable bonds is 5. The lowest BCUT2D eigenvalue weighted by Crippen LogP contribution is -2.40. The van der Waals surface area contributed by atoms with Crippen LogP contribution in [0.5, 0.6) is 0 Å². The molecule has 0 fully saturated rings. The Balaban J connectivity index is 1.65. The van der Waals surface area contributed by atoms with E-state index >= 15 is 0 Å². The van der Waals surface area contributed by atoms with Crippen molar-refractivity contribution in [1.82, 2.24) is 9.88 Å². The van der Waals surface area contributed by atoms with Crippen LogP contribution in [0.1, 0.15) is 42.7 Å². The molecule has 2 aromatic rings. The molecular weight excluding hydrogens is 394 g/mol. The van der Waals surface area contributed by atoms with E-state index in [4.69, 9.17) is 4.99 Å². The third-order valence-electron chi connectivity index (χ3n) is 6.53. The Bertz CT molecular complexity index is 1210. The number of hydrogen-bond acceptors (Lipinski definition) is 3. The molecule has 2 aliphatic carbocycles. The van der Waals surface area contributed by atoms with Gasteiger partial charge in [-0.2, -0.15) is 0 Å². The number of allylic oxidation sites excluding steroid dienone is 3. The van der Waals surface area contributed by atoms with Crippen LogP contribution in [0.2, 0.25) is 0 Å². The summed E-state index contributed by atoms with van der Waals surface area (Å²) in [4.78, 5) is 22.2. The first-order valence-corrected chi connectivity index (χ1v) is 11.1. The van der Waals surface area contributed by atoms with Crippen molar-refractivity contribution in [1.29, 1.82) is 0 Å². The van der Waals surface area contributed by atoms with Crippen molar-refractivity contribution in [3.63, 3.8) is 0 Å². The number of hydrogen-bond donors (Lipinski definition) is 1. The van der Waals surface area contributed by atoms with Crippen LogP contribution < -0.4 is 5.56 Å². The molecule has 0 amide bonds. The van der Waals surface area contributed by atoms with Crippen molar-refractivity contribution in [3.05, 3.63) is 105 Å². The summed E-state index contributed by atoms with van der Waals surface area (Å²) < 4.78 is 0. The molecule has 32 heavy (non-hydrogen) atoms. The molecule has 2 bridgehead atoms. The predicted molar refractivity (Wildman–Crippen MR) is 135 cm³/mol. The van der Waals surface area contributed by atoms with E-state index in [9.17, 15) is 4.79 Å². The lowest BCUT2D eigenvalue weighted by molar-refractivity contribution is 0.413. The zero-order chi connectivity index (χ0) is 22.9. The van der Waals surface area contributed by atoms with Crippen LogP contribution in [0.25, 0.3) is 11.8 Å². The largest absolute Gasteiger partial charge is 0.378 e. The van der Waals surface area contributed by atoms with E-state index in [1.54, 1.807) is 6.07 Å². The van der Waals surface area contributed by atoms with Crippen molar-refractivity contribution in [2.24, 2.45) is 10.9 Å². The maximum atomic E-state index is 12.0. The number of nitrogens with zero attached hydrogens (tertiary/aromatic N) is 2. The highest BCUT2D eigenvalue weighted by molar-refractivity contribution is 5.79. The fourth-order valence-corrected chi connectivity index (χ4v) is 5.02. The van der Waals surface area contributed by atoms with Crippen LogP contribution in [0.4, 0.5) is 0 Å². The lowest BCUT2D eigenvalue weighted by Gasteiger charge is -2.45. The monoisotopic (exact) mass is 425 g/mol. The molecule has 1 N–H and O–H groups in total. The first-order chi connectivity index (χ1) is 15.3. The van der Waals surface area contributed by atoms with Crippen molar-refractivity contribution in [3.8, 4) is 0 Å². The second kappa shape index (κ2) is 8.62. The summed E-state index contributed by atoms with van der Waals surface area (Å²) in [7, 11) is 3.99. The van der Waals surface area contributed by atoms with E-state index < -0.39 is 5.54 Å². The number of pyridine rings is 1. The van der Waals surface area contributed by atoms with Gasteiger partial charge in [-0.05, 0) is 49.1 Å². The molecule has 2 aliphatic rings. The highest BCUT2D eigenvalue weighted by atomic mass is 16.1. The van der Waals surface area contributed by atoms with Gasteiger partial charge in [0, 0.05) is 55.7 Å². The standard InChI is InChI=1S/C28H31N3O/c1-6-24-23-16-19(2)18-28(24,25-13-14-27(32)30-26(25)17-23)29-15-7-8-21-9-11-22(12-10-21)20(3)31(4)5/h6-16,23H,3,17-18H2,1-2,4-5H3,(H,30,32)/b8-7+,24-6+,29-15+. The number of aromatic nitrogens is 1. The summed E-state index contributed by atoms with van der Waals surface area (Å²) in [6.45, 7) is 8.38. The van der Waals surface area contributed by atoms with E-state index in [0.717, 1.165) is 40.9 Å². The van der Waals surface area contributed by atoms with E-state index in [1.165, 1.54) is 11.1 Å². The normalized spacial score (nSPS) is 23.4. The molecule has 1 aromatic carbocycles. The topological polar surface area (TPSA) is 48.5 Å². The minimum absolute atomic E-state index is 0.0501. The van der Waals surface area contributed by atoms with Crippen LogP contribution in [-0.4, -0.2) is 30.2 Å². The van der Waals surface area contributed by atoms with Crippen molar-refractivity contribution in [2.45, 2.75) is 32.2 Å². The smallest absolute Gasteiger partial charge is 0.248 e. The zero-order valence-electron chi connectivity index (χ0n) is 19.4. The maximum Gasteiger partial charge on any atom is 0.248 e. The van der Waals surface area contributed by atoms with E-state index in [1.807, 2.05) is 37.4 Å². The summed E-state index contributed by atoms with van der Waals surface area (Å²) in [6, 6.07) is 11.9. The lowest BCUT2D eigenvalue weighted by atomic mass is 9.63. The van der Waals surface area contributed by atoms with Crippen LogP contribution >= 0.6 is 0 Å². The molecule has 2 atom stereocenters. The Hall–Kier alpha value is -3.40. The highest BCUT2D eigenvalue weighted by Gasteiger charge is 2.46. The average molecular weight is 426 g/mol. The number of aliphatic imine (C=N–C) groups is 1. The summed E-state index contributed by atoms with van der Waals surface area (Å²) in [5.74, 6) is 0.276. The maximum absolute atomic E-state index is 12.0. The molecule has 2 unspecified atom stereocenters. The molecular formula is C28H31N3O. The van der Waals surface area contributed by atoms with Gasteiger partial charge >= 0.3 is 0 Å². The van der Waals surface area contributed by atoms with Gasteiger partial charge in [0.2, 0.25) is 5.56 Å². The number of aromatic amines is 1. The summed E-state index contributed by atoms with van der Waals surface area (Å²) in [5.41, 5.74) is 7.50. The minimum atomic E-state index is -0.451. The Morgan fingerprint density at radius 1 is 1.22 bits per heavy atom. The minimum Gasteiger partial charge on any atom is -0.378 e. The van der Waals surface area contributed by atoms with Gasteiger partial charge in [-0.1, -0.05) is 54.6 Å². The molecule has 4 heteroatoms. The van der Waals surface area contributed by atoms with Gasteiger partial charge in [-0.25, -0.2) is 0 Å². The Morgan fingerprint density at radius 3 is 2.66 bits per heavy atom. The number of nitrogens with one attached hydrogen (secondary N) is 1. The van der Waals surface area contributed by atoms with Crippen LogP contribution in [0.15, 0.2) is 82.1 Å². The number of H-pyrrole nitrogens is 1. The Morgan fingerprint density at radius 2 is 1.97 bits per heavy atom. The van der Waals surface area contributed by atoms with Crippen LogP contribution in [0, 0.1) is 5.92 Å². The third kappa shape index (κ3) is 3.93. The van der Waals surface area contributed by atoms with Gasteiger partial charge < -0.3 is 9.88 Å². The molecule has 1 heterocycles. The van der Waals surface area contributed by atoms with Gasteiger partial charge in [0.05, 0.1) is 0 Å². The average Bonchev–Trinajstić information content (AvgIpc) is 2.76. The second-order valence-corrected chi connectivity index (χ2v) is 8.92. The predicted octanol–water partition coefficient (Wildman–Crippen LogP) is 5.36. The van der Waals surface area contributed by atoms with Crippen molar-refractivity contribution < 1.29 is 0 Å².